The van der Waals surface area contributed by atoms with E-state index in [0.29, 0.717) is 11.6 Å². The lowest BCUT2D eigenvalue weighted by molar-refractivity contribution is -0.117. The van der Waals surface area contributed by atoms with Crippen LogP contribution in [0.15, 0.2) is 59.5 Å². The lowest BCUT2D eigenvalue weighted by Crippen LogP contribution is -2.39. The van der Waals surface area contributed by atoms with Crippen LogP contribution < -0.4 is 10.5 Å². The molecule has 1 amide bonds. The maximum Gasteiger partial charge on any atom is 0.238 e. The molecule has 1 aliphatic heterocycles. The third-order valence-electron chi connectivity index (χ3n) is 5.31. The third-order valence-corrected chi connectivity index (χ3v) is 6.22. The van der Waals surface area contributed by atoms with Gasteiger partial charge in [0.25, 0.3) is 0 Å². The second-order valence-electron chi connectivity index (χ2n) is 7.51. The molecular weight excluding hydrogens is 388 g/mol. The second-order valence-corrected chi connectivity index (χ2v) is 9.07. The maximum absolute atomic E-state index is 12.5. The lowest BCUT2D eigenvalue weighted by atomic mass is 9.95. The minimum atomic E-state index is -3.80. The maximum atomic E-state index is 12.5. The number of aromatic amines is 1. The summed E-state index contributed by atoms with van der Waals surface area (Å²) in [6.07, 6.45) is 2.11. The van der Waals surface area contributed by atoms with Gasteiger partial charge in [0.2, 0.25) is 15.9 Å². The van der Waals surface area contributed by atoms with Gasteiger partial charge in [0.1, 0.15) is 0 Å². The fourth-order valence-corrected chi connectivity index (χ4v) is 4.48. The number of carbonyl (C=O) groups excluding carboxylic acids is 1. The minimum absolute atomic E-state index is 0.0212. The van der Waals surface area contributed by atoms with Crippen molar-refractivity contribution in [2.45, 2.75) is 23.7 Å². The van der Waals surface area contributed by atoms with Crippen molar-refractivity contribution in [2.24, 2.45) is 5.14 Å². The standard InChI is InChI=1S/C21H24N4O3S/c22-29(27,28)18-8-3-7-17(12-18)23-21(26)14-25-10-4-6-16(13-25)20-11-15-5-1-2-9-19(15)24-20/h1-3,5,7-9,11-12,16,24H,4,6,10,13-14H2,(H,23,26)(H2,22,27,28)/t16-/m0/s1. The molecule has 3 aromatic rings. The zero-order chi connectivity index (χ0) is 20.4. The number of nitrogens with one attached hydrogen (secondary N) is 2. The SMILES string of the molecule is NS(=O)(=O)c1cccc(NC(=O)CN2CCC[C@H](c3cc4ccccc4[nH]3)C2)c1. The number of likely N-dealkylation sites (tertiary alicyclic amines) is 1. The van der Waals surface area contributed by atoms with Crippen molar-refractivity contribution >= 4 is 32.5 Å². The molecule has 0 saturated carbocycles. The van der Waals surface area contributed by atoms with Crippen LogP contribution in [-0.2, 0) is 14.8 Å². The normalized spacial score (nSPS) is 18.0. The van der Waals surface area contributed by atoms with Crippen molar-refractivity contribution in [1.29, 1.82) is 0 Å². The molecule has 0 unspecified atom stereocenters. The van der Waals surface area contributed by atoms with Crippen molar-refractivity contribution in [3.63, 3.8) is 0 Å². The molecule has 2 aromatic carbocycles. The van der Waals surface area contributed by atoms with Crippen LogP contribution in [0.3, 0.4) is 0 Å². The number of benzene rings is 2. The van der Waals surface area contributed by atoms with Crippen LogP contribution in [0.5, 0.6) is 0 Å². The van der Waals surface area contributed by atoms with E-state index in [9.17, 15) is 13.2 Å². The summed E-state index contributed by atoms with van der Waals surface area (Å²) >= 11 is 0. The van der Waals surface area contributed by atoms with Crippen molar-refractivity contribution in [3.8, 4) is 0 Å². The summed E-state index contributed by atoms with van der Waals surface area (Å²) in [4.78, 5) is 18.1. The first-order valence-electron chi connectivity index (χ1n) is 9.61. The number of hydrogen-bond donors (Lipinski definition) is 3. The highest BCUT2D eigenvalue weighted by atomic mass is 32.2. The molecule has 0 bridgehead atoms. The Morgan fingerprint density at radius 3 is 2.79 bits per heavy atom. The van der Waals surface area contributed by atoms with Gasteiger partial charge in [-0.2, -0.15) is 0 Å². The van der Waals surface area contributed by atoms with Gasteiger partial charge in [0.05, 0.1) is 11.4 Å². The van der Waals surface area contributed by atoms with Crippen LogP contribution in [0.25, 0.3) is 10.9 Å². The molecule has 0 spiro atoms. The quantitative estimate of drug-likeness (QED) is 0.599. The summed E-state index contributed by atoms with van der Waals surface area (Å²) in [6, 6.07) is 16.4. The summed E-state index contributed by atoms with van der Waals surface area (Å²) in [5, 5.41) is 9.12. The fraction of sp³-hybridized carbons (Fsp3) is 0.286. The topological polar surface area (TPSA) is 108 Å². The van der Waals surface area contributed by atoms with Gasteiger partial charge in [0, 0.05) is 29.4 Å². The molecular formula is C21H24N4O3S. The summed E-state index contributed by atoms with van der Waals surface area (Å²) in [6.45, 7) is 1.93. The monoisotopic (exact) mass is 412 g/mol. The van der Waals surface area contributed by atoms with E-state index in [1.54, 1.807) is 12.1 Å². The first kappa shape index (κ1) is 19.6. The van der Waals surface area contributed by atoms with E-state index in [0.717, 1.165) is 31.4 Å². The number of primary sulfonamides is 1. The van der Waals surface area contributed by atoms with Gasteiger partial charge >= 0.3 is 0 Å². The molecule has 7 nitrogen and oxygen atoms in total. The average molecular weight is 413 g/mol. The zero-order valence-corrected chi connectivity index (χ0v) is 16.8. The van der Waals surface area contributed by atoms with Crippen molar-refractivity contribution < 1.29 is 13.2 Å². The highest BCUT2D eigenvalue weighted by Crippen LogP contribution is 2.29. The number of piperidine rings is 1. The Labute approximate surface area is 169 Å². The number of H-pyrrole nitrogens is 1. The summed E-state index contributed by atoms with van der Waals surface area (Å²) < 4.78 is 23.0. The Hall–Kier alpha value is -2.68. The molecule has 29 heavy (non-hydrogen) atoms. The van der Waals surface area contributed by atoms with E-state index in [4.69, 9.17) is 5.14 Å². The largest absolute Gasteiger partial charge is 0.358 e. The summed E-state index contributed by atoms with van der Waals surface area (Å²) in [5.41, 5.74) is 2.76. The number of nitrogens with two attached hydrogens (primary N) is 1. The number of hydrogen-bond acceptors (Lipinski definition) is 4. The van der Waals surface area contributed by atoms with Gasteiger partial charge in [-0.1, -0.05) is 24.3 Å². The molecule has 1 fully saturated rings. The van der Waals surface area contributed by atoms with Crippen LogP contribution in [0, 0.1) is 0 Å². The van der Waals surface area contributed by atoms with Crippen molar-refractivity contribution in [2.75, 3.05) is 25.0 Å². The van der Waals surface area contributed by atoms with Crippen LogP contribution in [0.4, 0.5) is 5.69 Å². The molecule has 0 aliphatic carbocycles. The molecule has 1 atom stereocenters. The molecule has 0 radical (unpaired) electrons. The number of anilines is 1. The number of carbonyl (C=O) groups is 1. The van der Waals surface area contributed by atoms with E-state index < -0.39 is 10.0 Å². The Morgan fingerprint density at radius 2 is 2.00 bits per heavy atom. The van der Waals surface area contributed by atoms with Crippen LogP contribution in [-0.4, -0.2) is 43.8 Å². The molecule has 2 heterocycles. The number of sulfonamides is 1. The number of amides is 1. The Balaban J connectivity index is 1.39. The fourth-order valence-electron chi connectivity index (χ4n) is 3.92. The molecule has 4 rings (SSSR count). The molecule has 8 heteroatoms. The van der Waals surface area contributed by atoms with E-state index in [1.165, 1.54) is 23.2 Å². The number of nitrogens with zero attached hydrogens (tertiary/aromatic N) is 1. The number of fused-ring (bicyclic) bond motifs is 1. The molecule has 1 aliphatic rings. The molecule has 1 saturated heterocycles. The minimum Gasteiger partial charge on any atom is -0.358 e. The Kier molecular flexibility index (Phi) is 5.40. The van der Waals surface area contributed by atoms with Gasteiger partial charge in [-0.05, 0) is 55.1 Å². The van der Waals surface area contributed by atoms with Crippen LogP contribution >= 0.6 is 0 Å². The lowest BCUT2D eigenvalue weighted by Gasteiger charge is -2.31. The first-order valence-corrected chi connectivity index (χ1v) is 11.2. The Bertz CT molecular complexity index is 1110. The van der Waals surface area contributed by atoms with E-state index >= 15 is 0 Å². The van der Waals surface area contributed by atoms with Gasteiger partial charge in [-0.15, -0.1) is 0 Å². The van der Waals surface area contributed by atoms with Crippen molar-refractivity contribution in [3.05, 3.63) is 60.3 Å². The second kappa shape index (κ2) is 7.98. The Morgan fingerprint density at radius 1 is 1.17 bits per heavy atom. The van der Waals surface area contributed by atoms with E-state index in [-0.39, 0.29) is 17.3 Å². The highest BCUT2D eigenvalue weighted by Gasteiger charge is 2.24. The predicted molar refractivity (Wildman–Crippen MR) is 113 cm³/mol. The summed E-state index contributed by atoms with van der Waals surface area (Å²) in [5.74, 6) is 0.184. The van der Waals surface area contributed by atoms with Gasteiger partial charge in [-0.25, -0.2) is 13.6 Å². The zero-order valence-electron chi connectivity index (χ0n) is 16.0. The van der Waals surface area contributed by atoms with E-state index in [1.807, 2.05) is 12.1 Å². The highest BCUT2D eigenvalue weighted by molar-refractivity contribution is 7.89. The molecule has 4 N–H and O–H groups in total. The van der Waals surface area contributed by atoms with Gasteiger partial charge < -0.3 is 10.3 Å². The first-order chi connectivity index (χ1) is 13.9. The number of aromatic nitrogens is 1. The van der Waals surface area contributed by atoms with Crippen LogP contribution in [0.1, 0.15) is 24.5 Å². The van der Waals surface area contributed by atoms with Gasteiger partial charge in [0.15, 0.2) is 0 Å². The van der Waals surface area contributed by atoms with Crippen molar-refractivity contribution in [1.82, 2.24) is 9.88 Å². The summed E-state index contributed by atoms with van der Waals surface area (Å²) in [7, 11) is -3.80. The van der Waals surface area contributed by atoms with Gasteiger partial charge in [-0.3, -0.25) is 9.69 Å². The number of para-hydroxylation sites is 1. The van der Waals surface area contributed by atoms with Crippen LogP contribution in [0.2, 0.25) is 0 Å². The smallest absolute Gasteiger partial charge is 0.238 e. The average Bonchev–Trinajstić information content (AvgIpc) is 3.12. The van der Waals surface area contributed by atoms with E-state index in [2.05, 4.69) is 33.4 Å². The molecule has 1 aromatic heterocycles. The third kappa shape index (κ3) is 4.67. The predicted octanol–water partition coefficient (Wildman–Crippen LogP) is 2.63. The number of rotatable bonds is 5. The molecule has 152 valence electrons.